The molecule has 0 nitrogen and oxygen atoms in total. The van der Waals surface area contributed by atoms with E-state index in [0.29, 0.717) is 0 Å². The van der Waals surface area contributed by atoms with Crippen molar-refractivity contribution in [3.63, 3.8) is 0 Å². The van der Waals surface area contributed by atoms with Crippen molar-refractivity contribution in [2.75, 3.05) is 0 Å². The first kappa shape index (κ1) is 6.17. The molecule has 0 spiro atoms. The van der Waals surface area contributed by atoms with Gasteiger partial charge >= 0.3 is 0 Å². The Morgan fingerprint density at radius 3 is 2.67 bits per heavy atom. The summed E-state index contributed by atoms with van der Waals surface area (Å²) >= 11 is 0. The quantitative estimate of drug-likeness (QED) is 0.464. The van der Waals surface area contributed by atoms with Crippen molar-refractivity contribution in [1.29, 1.82) is 0 Å². The first-order chi connectivity index (χ1) is 4.43. The van der Waals surface area contributed by atoms with E-state index in [-0.39, 0.29) is 0 Å². The largest absolute Gasteiger partial charge is 0.143 e. The van der Waals surface area contributed by atoms with Crippen LogP contribution in [0.1, 0.15) is 19.3 Å². The van der Waals surface area contributed by atoms with E-state index >= 15 is 0 Å². The fourth-order valence-electron chi connectivity index (χ4n) is 0.585. The number of rotatable bonds is 1. The molecule has 46 valence electrons. The van der Waals surface area contributed by atoms with E-state index in [1.54, 1.807) is 0 Å². The molecule has 1 aliphatic carbocycles. The maximum atomic E-state index is 11.1. The van der Waals surface area contributed by atoms with Gasteiger partial charge in [-0.25, -0.2) is 0 Å². The molecule has 0 N–H and O–H groups in total. The van der Waals surface area contributed by atoms with Crippen molar-refractivity contribution in [2.45, 2.75) is 19.3 Å². The lowest BCUT2D eigenvalue weighted by Gasteiger charge is -1.75. The van der Waals surface area contributed by atoms with E-state index in [2.05, 4.69) is 17.8 Å². The van der Waals surface area contributed by atoms with Crippen LogP contribution in [-0.2, 0) is 0 Å². The zero-order valence-corrected chi connectivity index (χ0v) is 5.08. The van der Waals surface area contributed by atoms with Gasteiger partial charge < -0.3 is 0 Å². The third-order valence-corrected chi connectivity index (χ3v) is 1.29. The maximum absolute atomic E-state index is 11.1. The van der Waals surface area contributed by atoms with Crippen LogP contribution in [0.25, 0.3) is 0 Å². The molecule has 0 radical (unpaired) electrons. The zero-order chi connectivity index (χ0) is 6.53. The topological polar surface area (TPSA) is 0 Å². The molecule has 1 saturated carbocycles. The Bertz CT molecular complexity index is 192. The molecule has 1 rings (SSSR count). The SMILES string of the molecule is FC#CC#CCC1CC1. The molecular weight excluding hydrogens is 115 g/mol. The highest BCUT2D eigenvalue weighted by Crippen LogP contribution is 2.31. The van der Waals surface area contributed by atoms with Gasteiger partial charge in [-0.1, -0.05) is 5.92 Å². The van der Waals surface area contributed by atoms with E-state index in [4.69, 9.17) is 0 Å². The molecule has 1 fully saturated rings. The van der Waals surface area contributed by atoms with E-state index < -0.39 is 0 Å². The highest BCUT2D eigenvalue weighted by atomic mass is 19.1. The molecule has 0 atom stereocenters. The van der Waals surface area contributed by atoms with Crippen LogP contribution in [-0.4, -0.2) is 0 Å². The smallest absolute Gasteiger partial charge is 0.119 e. The van der Waals surface area contributed by atoms with Gasteiger partial charge in [-0.2, -0.15) is 0 Å². The molecule has 0 heterocycles. The van der Waals surface area contributed by atoms with Crippen molar-refractivity contribution in [3.8, 4) is 23.9 Å². The number of hydrogen-bond donors (Lipinski definition) is 0. The molecule has 0 amide bonds. The highest BCUT2D eigenvalue weighted by Gasteiger charge is 2.19. The molecule has 0 aromatic rings. The van der Waals surface area contributed by atoms with Gasteiger partial charge in [0.05, 0.1) is 0 Å². The summed E-state index contributed by atoms with van der Waals surface area (Å²) in [4.78, 5) is 0. The second-order valence-corrected chi connectivity index (χ2v) is 2.17. The van der Waals surface area contributed by atoms with E-state index in [0.717, 1.165) is 12.3 Å². The first-order valence-corrected chi connectivity index (χ1v) is 3.02. The predicted molar refractivity (Wildman–Crippen MR) is 34.0 cm³/mol. The Hall–Kier alpha value is -0.950. The van der Waals surface area contributed by atoms with Gasteiger partial charge in [0.25, 0.3) is 0 Å². The lowest BCUT2D eigenvalue weighted by atomic mass is 10.3. The molecular formula is C8H7F. The number of hydrogen-bond acceptors (Lipinski definition) is 0. The summed E-state index contributed by atoms with van der Waals surface area (Å²) in [6, 6.07) is 0. The van der Waals surface area contributed by atoms with Crippen molar-refractivity contribution in [3.05, 3.63) is 0 Å². The molecule has 1 heteroatoms. The van der Waals surface area contributed by atoms with Crippen LogP contribution >= 0.6 is 0 Å². The Labute approximate surface area is 54.5 Å². The first-order valence-electron chi connectivity index (χ1n) is 3.02. The minimum absolute atomic E-state index is 0.791. The second-order valence-electron chi connectivity index (χ2n) is 2.17. The Kier molecular flexibility index (Phi) is 2.16. The van der Waals surface area contributed by atoms with E-state index in [1.807, 2.05) is 0 Å². The summed E-state index contributed by atoms with van der Waals surface area (Å²) in [5.74, 6) is 8.05. The Morgan fingerprint density at radius 1 is 1.33 bits per heavy atom. The molecule has 0 saturated heterocycles. The summed E-state index contributed by atoms with van der Waals surface area (Å²) < 4.78 is 11.1. The minimum atomic E-state index is 0.791. The predicted octanol–water partition coefficient (Wildman–Crippen LogP) is 1.72. The van der Waals surface area contributed by atoms with Gasteiger partial charge in [-0.15, -0.1) is 4.39 Å². The van der Waals surface area contributed by atoms with Gasteiger partial charge in [0, 0.05) is 12.3 Å². The Balaban J connectivity index is 2.14. The van der Waals surface area contributed by atoms with Crippen LogP contribution in [0.5, 0.6) is 0 Å². The third-order valence-electron chi connectivity index (χ3n) is 1.29. The van der Waals surface area contributed by atoms with Crippen LogP contribution in [0.15, 0.2) is 0 Å². The van der Waals surface area contributed by atoms with Crippen molar-refractivity contribution in [1.82, 2.24) is 0 Å². The zero-order valence-electron chi connectivity index (χ0n) is 5.08. The fraction of sp³-hybridized carbons (Fsp3) is 0.500. The molecule has 1 aliphatic rings. The average molecular weight is 122 g/mol. The molecule has 9 heavy (non-hydrogen) atoms. The van der Waals surface area contributed by atoms with Crippen molar-refractivity contribution in [2.24, 2.45) is 5.92 Å². The highest BCUT2D eigenvalue weighted by molar-refractivity contribution is 5.23. The van der Waals surface area contributed by atoms with E-state index in [1.165, 1.54) is 19.0 Å². The molecule has 0 aromatic carbocycles. The summed E-state index contributed by atoms with van der Waals surface area (Å²) in [7, 11) is 0. The summed E-state index contributed by atoms with van der Waals surface area (Å²) in [6.45, 7) is 0. The Morgan fingerprint density at radius 2 is 2.11 bits per heavy atom. The molecule has 0 aliphatic heterocycles. The summed E-state index contributed by atoms with van der Waals surface area (Å²) in [5.41, 5.74) is 0. The van der Waals surface area contributed by atoms with Gasteiger partial charge in [0.2, 0.25) is 0 Å². The van der Waals surface area contributed by atoms with Crippen molar-refractivity contribution < 1.29 is 4.39 Å². The van der Waals surface area contributed by atoms with Crippen LogP contribution in [0.3, 0.4) is 0 Å². The number of halogens is 1. The van der Waals surface area contributed by atoms with Crippen LogP contribution in [0.2, 0.25) is 0 Å². The monoisotopic (exact) mass is 122 g/mol. The molecule has 0 unspecified atom stereocenters. The third kappa shape index (κ3) is 2.77. The lowest BCUT2D eigenvalue weighted by molar-refractivity contribution is 0.774. The fourth-order valence-corrected chi connectivity index (χ4v) is 0.585. The molecule has 0 bridgehead atoms. The van der Waals surface area contributed by atoms with E-state index in [9.17, 15) is 4.39 Å². The lowest BCUT2D eigenvalue weighted by Crippen LogP contribution is -1.66. The van der Waals surface area contributed by atoms with Crippen molar-refractivity contribution >= 4 is 0 Å². The summed E-state index contributed by atoms with van der Waals surface area (Å²) in [5, 5.41) is 0. The minimum Gasteiger partial charge on any atom is -0.143 e. The molecule has 0 aromatic heterocycles. The van der Waals surface area contributed by atoms with Gasteiger partial charge in [-0.05, 0) is 24.7 Å². The van der Waals surface area contributed by atoms with Gasteiger partial charge in [0.15, 0.2) is 0 Å². The van der Waals surface area contributed by atoms with Crippen LogP contribution < -0.4 is 0 Å². The van der Waals surface area contributed by atoms with Gasteiger partial charge in [-0.3, -0.25) is 0 Å². The van der Waals surface area contributed by atoms with Crippen LogP contribution in [0, 0.1) is 29.9 Å². The normalized spacial score (nSPS) is 14.8. The standard InChI is InChI=1S/C8H7F/c9-7-3-1-2-4-8-5-6-8/h8H,4-6H2. The maximum Gasteiger partial charge on any atom is 0.119 e. The van der Waals surface area contributed by atoms with Crippen LogP contribution in [0.4, 0.5) is 4.39 Å². The van der Waals surface area contributed by atoms with Gasteiger partial charge in [0.1, 0.15) is 6.17 Å². The second kappa shape index (κ2) is 3.15. The summed E-state index contributed by atoms with van der Waals surface area (Å²) in [6.07, 6.45) is 4.71. The average Bonchev–Trinajstić information content (AvgIpc) is 2.63.